The van der Waals surface area contributed by atoms with Crippen LogP contribution in [0, 0.1) is 13.8 Å². The predicted molar refractivity (Wildman–Crippen MR) is 97.0 cm³/mol. The molecule has 0 bridgehead atoms. The Kier molecular flexibility index (Phi) is 5.37. The Morgan fingerprint density at radius 1 is 1.23 bits per heavy atom. The lowest BCUT2D eigenvalue weighted by molar-refractivity contribution is 0.0752. The Bertz CT molecular complexity index is 911. The molecule has 1 aromatic carbocycles. The molecular weight excluding hydrogens is 334 g/mol. The van der Waals surface area contributed by atoms with E-state index < -0.39 is 5.91 Å². The topological polar surface area (TPSA) is 90.4 Å². The van der Waals surface area contributed by atoms with Crippen LogP contribution in [0.25, 0.3) is 22.6 Å². The number of ether oxygens (including phenoxy) is 1. The van der Waals surface area contributed by atoms with E-state index >= 15 is 0 Å². The van der Waals surface area contributed by atoms with E-state index in [4.69, 9.17) is 13.6 Å². The summed E-state index contributed by atoms with van der Waals surface area (Å²) < 4.78 is 16.8. The van der Waals surface area contributed by atoms with E-state index in [0.717, 1.165) is 22.1 Å². The number of hydrogen-bond acceptors (Lipinski definition) is 6. The number of hydrogen-bond donors (Lipinski definition) is 1. The van der Waals surface area contributed by atoms with Crippen molar-refractivity contribution in [1.82, 2.24) is 15.5 Å². The van der Waals surface area contributed by atoms with Crippen molar-refractivity contribution in [2.75, 3.05) is 13.2 Å². The van der Waals surface area contributed by atoms with Crippen molar-refractivity contribution >= 4 is 16.9 Å². The highest BCUT2D eigenvalue weighted by molar-refractivity contribution is 5.90. The molecule has 0 atom stereocenters. The van der Waals surface area contributed by atoms with Gasteiger partial charge in [0, 0.05) is 24.1 Å². The molecule has 0 saturated heterocycles. The smallest absolute Gasteiger partial charge is 0.308 e. The zero-order valence-electron chi connectivity index (χ0n) is 15.5. The second-order valence-corrected chi connectivity index (χ2v) is 6.50. The van der Waals surface area contributed by atoms with Crippen molar-refractivity contribution in [1.29, 1.82) is 0 Å². The number of carbonyl (C=O) groups is 1. The molecule has 0 saturated carbocycles. The molecule has 1 amide bonds. The number of amides is 1. The number of benzene rings is 1. The largest absolute Gasteiger partial charge is 0.451 e. The first kappa shape index (κ1) is 18.1. The van der Waals surface area contributed by atoms with Gasteiger partial charge in [0.2, 0.25) is 0 Å². The van der Waals surface area contributed by atoms with Crippen LogP contribution < -0.4 is 5.32 Å². The lowest BCUT2D eigenvalue weighted by atomic mass is 10.1. The molecule has 2 aromatic heterocycles. The first-order valence-corrected chi connectivity index (χ1v) is 8.69. The number of carbonyl (C=O) groups excluding carboxylic acids is 1. The van der Waals surface area contributed by atoms with Gasteiger partial charge in [0.1, 0.15) is 5.58 Å². The molecule has 0 aliphatic carbocycles. The van der Waals surface area contributed by atoms with Crippen LogP contribution >= 0.6 is 0 Å². The van der Waals surface area contributed by atoms with Gasteiger partial charge in [0.25, 0.3) is 5.89 Å². The minimum Gasteiger partial charge on any atom is -0.451 e. The summed E-state index contributed by atoms with van der Waals surface area (Å²) in [5.41, 5.74) is 2.79. The molecule has 7 nitrogen and oxygen atoms in total. The molecule has 1 N–H and O–H groups in total. The van der Waals surface area contributed by atoms with Gasteiger partial charge in [-0.3, -0.25) is 4.79 Å². The molecule has 0 spiro atoms. The fourth-order valence-electron chi connectivity index (χ4n) is 2.61. The Labute approximate surface area is 151 Å². The number of nitrogens with zero attached hydrogens (tertiary/aromatic N) is 2. The number of aryl methyl sites for hydroxylation is 2. The second kappa shape index (κ2) is 7.70. The molecule has 7 heteroatoms. The van der Waals surface area contributed by atoms with Gasteiger partial charge in [-0.2, -0.15) is 0 Å². The molecule has 0 unspecified atom stereocenters. The van der Waals surface area contributed by atoms with Crippen molar-refractivity contribution in [3.63, 3.8) is 0 Å². The van der Waals surface area contributed by atoms with E-state index in [-0.39, 0.29) is 17.9 Å². The molecule has 3 aromatic rings. The molecule has 0 aliphatic heterocycles. The number of fused-ring (bicyclic) bond motifs is 1. The van der Waals surface area contributed by atoms with Gasteiger partial charge in [-0.05, 0) is 46.2 Å². The fraction of sp³-hybridized carbons (Fsp3) is 0.421. The molecule has 0 aliphatic rings. The number of rotatable bonds is 7. The van der Waals surface area contributed by atoms with Crippen LogP contribution in [0.2, 0.25) is 0 Å². The van der Waals surface area contributed by atoms with Crippen LogP contribution in [0.5, 0.6) is 0 Å². The fourth-order valence-corrected chi connectivity index (χ4v) is 2.61. The maximum absolute atomic E-state index is 12.1. The number of furan rings is 1. The first-order chi connectivity index (χ1) is 12.5. The summed E-state index contributed by atoms with van der Waals surface area (Å²) in [5, 5.41) is 11.5. The highest BCUT2D eigenvalue weighted by Gasteiger charge is 2.21. The summed E-state index contributed by atoms with van der Waals surface area (Å²) >= 11 is 0. The van der Waals surface area contributed by atoms with Gasteiger partial charge in [0.15, 0.2) is 5.76 Å². The summed E-state index contributed by atoms with van der Waals surface area (Å²) in [6.45, 7) is 8.96. The third kappa shape index (κ3) is 3.94. The van der Waals surface area contributed by atoms with Gasteiger partial charge in [-0.1, -0.05) is 11.6 Å². The minimum absolute atomic E-state index is 0.0826. The maximum atomic E-state index is 12.1. The van der Waals surface area contributed by atoms with E-state index in [1.165, 1.54) is 0 Å². The second-order valence-electron chi connectivity index (χ2n) is 6.50. The molecule has 0 radical (unpaired) electrons. The average Bonchev–Trinajstić information content (AvgIpc) is 3.20. The molecule has 0 fully saturated rings. The van der Waals surface area contributed by atoms with Gasteiger partial charge in [-0.25, -0.2) is 0 Å². The zero-order valence-corrected chi connectivity index (χ0v) is 15.5. The van der Waals surface area contributed by atoms with Crippen LogP contribution in [0.15, 0.2) is 27.0 Å². The van der Waals surface area contributed by atoms with E-state index in [9.17, 15) is 4.79 Å². The summed E-state index contributed by atoms with van der Waals surface area (Å²) in [7, 11) is 0. The SMILES string of the molecule is Cc1ccc2oc(-c3nnc(C(=O)NCCCOC(C)C)o3)c(C)c2c1. The quantitative estimate of drug-likeness (QED) is 0.649. The average molecular weight is 357 g/mol. The Hall–Kier alpha value is -2.67. The Morgan fingerprint density at radius 3 is 2.81 bits per heavy atom. The van der Waals surface area contributed by atoms with E-state index in [1.807, 2.05) is 45.9 Å². The molecule has 26 heavy (non-hydrogen) atoms. The Balaban J connectivity index is 1.68. The monoisotopic (exact) mass is 357 g/mol. The standard InChI is InChI=1S/C19H23N3O4/c1-11(2)24-9-5-8-20-17(23)19-22-21-18(26-19)16-13(4)14-10-12(3)6-7-15(14)25-16/h6-7,10-11H,5,8-9H2,1-4H3,(H,20,23). The summed E-state index contributed by atoms with van der Waals surface area (Å²) in [4.78, 5) is 12.1. The Morgan fingerprint density at radius 2 is 2.04 bits per heavy atom. The molecule has 3 rings (SSSR count). The van der Waals surface area contributed by atoms with Gasteiger partial charge in [0.05, 0.1) is 6.10 Å². The van der Waals surface area contributed by atoms with Crippen LogP contribution in [-0.2, 0) is 4.74 Å². The van der Waals surface area contributed by atoms with Crippen molar-refractivity contribution in [3.8, 4) is 11.7 Å². The number of aromatic nitrogens is 2. The summed E-state index contributed by atoms with van der Waals surface area (Å²) in [5.74, 6) is 0.200. The van der Waals surface area contributed by atoms with Crippen LogP contribution in [-0.4, -0.2) is 35.4 Å². The predicted octanol–water partition coefficient (Wildman–Crippen LogP) is 3.64. The third-order valence-corrected chi connectivity index (χ3v) is 3.96. The summed E-state index contributed by atoms with van der Waals surface area (Å²) in [6.07, 6.45) is 0.896. The highest BCUT2D eigenvalue weighted by Crippen LogP contribution is 2.32. The van der Waals surface area contributed by atoms with E-state index in [0.29, 0.717) is 25.3 Å². The normalized spacial score (nSPS) is 11.4. The summed E-state index contributed by atoms with van der Waals surface area (Å²) in [6, 6.07) is 5.93. The van der Waals surface area contributed by atoms with E-state index in [2.05, 4.69) is 15.5 Å². The number of nitrogens with one attached hydrogen (secondary N) is 1. The van der Waals surface area contributed by atoms with Crippen molar-refractivity contribution < 1.29 is 18.4 Å². The third-order valence-electron chi connectivity index (χ3n) is 3.96. The lowest BCUT2D eigenvalue weighted by Crippen LogP contribution is -2.25. The highest BCUT2D eigenvalue weighted by atomic mass is 16.5. The maximum Gasteiger partial charge on any atom is 0.308 e. The first-order valence-electron chi connectivity index (χ1n) is 8.69. The molecular formula is C19H23N3O4. The van der Waals surface area contributed by atoms with Crippen LogP contribution in [0.1, 0.15) is 42.1 Å². The zero-order chi connectivity index (χ0) is 18.7. The van der Waals surface area contributed by atoms with Gasteiger partial charge >= 0.3 is 11.8 Å². The van der Waals surface area contributed by atoms with Crippen molar-refractivity contribution in [3.05, 3.63) is 35.2 Å². The van der Waals surface area contributed by atoms with Crippen molar-refractivity contribution in [2.45, 2.75) is 40.2 Å². The van der Waals surface area contributed by atoms with Crippen LogP contribution in [0.3, 0.4) is 0 Å². The van der Waals surface area contributed by atoms with Gasteiger partial charge in [-0.15, -0.1) is 10.2 Å². The van der Waals surface area contributed by atoms with E-state index in [1.54, 1.807) is 0 Å². The molecule has 138 valence electrons. The molecule has 2 heterocycles. The van der Waals surface area contributed by atoms with Crippen molar-refractivity contribution in [2.24, 2.45) is 0 Å². The van der Waals surface area contributed by atoms with Crippen LogP contribution in [0.4, 0.5) is 0 Å². The lowest BCUT2D eigenvalue weighted by Gasteiger charge is -2.07. The minimum atomic E-state index is -0.405. The van der Waals surface area contributed by atoms with Gasteiger partial charge < -0.3 is 18.9 Å².